The van der Waals surface area contributed by atoms with Crippen molar-refractivity contribution >= 4 is 11.8 Å². The fourth-order valence-corrected chi connectivity index (χ4v) is 2.78. The van der Waals surface area contributed by atoms with E-state index in [4.69, 9.17) is 0 Å². The lowest BCUT2D eigenvalue weighted by Crippen LogP contribution is -2.36. The van der Waals surface area contributed by atoms with Gasteiger partial charge in [0.2, 0.25) is 11.8 Å². The summed E-state index contributed by atoms with van der Waals surface area (Å²) in [6.07, 6.45) is 1.88. The normalized spacial score (nSPS) is 22.1. The fraction of sp³-hybridized carbons (Fsp3) is 0.312. The van der Waals surface area contributed by atoms with Crippen molar-refractivity contribution in [2.24, 2.45) is 0 Å². The fourth-order valence-electron chi connectivity index (χ4n) is 2.78. The number of benzene rings is 1. The van der Waals surface area contributed by atoms with Gasteiger partial charge in [-0.3, -0.25) is 19.6 Å². The Morgan fingerprint density at radius 2 is 2.00 bits per heavy atom. The van der Waals surface area contributed by atoms with Crippen LogP contribution in [0.2, 0.25) is 0 Å². The molecule has 1 aliphatic heterocycles. The molecule has 0 bridgehead atoms. The highest BCUT2D eigenvalue weighted by atomic mass is 16.2. The molecule has 1 aliphatic rings. The van der Waals surface area contributed by atoms with Gasteiger partial charge in [0, 0.05) is 17.7 Å². The van der Waals surface area contributed by atoms with Gasteiger partial charge >= 0.3 is 0 Å². The molecule has 1 unspecified atom stereocenters. The molecule has 1 N–H and O–H groups in total. The van der Waals surface area contributed by atoms with E-state index in [1.807, 2.05) is 44.2 Å². The lowest BCUT2D eigenvalue weighted by Gasteiger charge is -2.22. The van der Waals surface area contributed by atoms with E-state index in [-0.39, 0.29) is 24.8 Å². The minimum atomic E-state index is -0.768. The lowest BCUT2D eigenvalue weighted by atomic mass is 9.81. The van der Waals surface area contributed by atoms with Crippen molar-refractivity contribution < 1.29 is 9.59 Å². The molecule has 0 radical (unpaired) electrons. The first-order valence-corrected chi connectivity index (χ1v) is 6.91. The molecular formula is C16H17N3O2. The summed E-state index contributed by atoms with van der Waals surface area (Å²) in [6, 6.07) is 9.48. The van der Waals surface area contributed by atoms with Crippen LogP contribution in [0.5, 0.6) is 0 Å². The quantitative estimate of drug-likeness (QED) is 0.875. The Labute approximate surface area is 123 Å². The molecule has 0 aliphatic carbocycles. The molecule has 1 fully saturated rings. The molecule has 3 rings (SSSR count). The zero-order valence-corrected chi connectivity index (χ0v) is 12.1. The van der Waals surface area contributed by atoms with Gasteiger partial charge < -0.3 is 0 Å². The Morgan fingerprint density at radius 1 is 1.29 bits per heavy atom. The number of H-pyrrole nitrogens is 1. The highest BCUT2D eigenvalue weighted by Crippen LogP contribution is 2.36. The first-order chi connectivity index (χ1) is 10.0. The van der Waals surface area contributed by atoms with Crippen LogP contribution in [-0.2, 0) is 21.5 Å². The van der Waals surface area contributed by atoms with Crippen LogP contribution < -0.4 is 0 Å². The van der Waals surface area contributed by atoms with Gasteiger partial charge in [-0.05, 0) is 19.4 Å². The van der Waals surface area contributed by atoms with Gasteiger partial charge in [-0.25, -0.2) is 0 Å². The lowest BCUT2D eigenvalue weighted by molar-refractivity contribution is -0.140. The van der Waals surface area contributed by atoms with E-state index < -0.39 is 5.41 Å². The molecule has 5 nitrogen and oxygen atoms in total. The minimum Gasteiger partial charge on any atom is -0.283 e. The molecule has 108 valence electrons. The first kappa shape index (κ1) is 13.5. The maximum absolute atomic E-state index is 12.8. The average Bonchev–Trinajstić information content (AvgIpc) is 2.98. The third-order valence-electron chi connectivity index (χ3n) is 4.20. The zero-order valence-electron chi connectivity index (χ0n) is 12.1. The topological polar surface area (TPSA) is 66.1 Å². The second-order valence-corrected chi connectivity index (χ2v) is 5.68. The van der Waals surface area contributed by atoms with Crippen LogP contribution >= 0.6 is 0 Å². The van der Waals surface area contributed by atoms with Crippen LogP contribution in [0.15, 0.2) is 36.5 Å². The van der Waals surface area contributed by atoms with E-state index in [2.05, 4.69) is 10.2 Å². The Balaban J connectivity index is 1.91. The van der Waals surface area contributed by atoms with E-state index in [1.54, 1.807) is 6.20 Å². The molecule has 2 amide bonds. The number of hydrogen-bond acceptors (Lipinski definition) is 3. The summed E-state index contributed by atoms with van der Waals surface area (Å²) in [6.45, 7) is 4.00. The summed E-state index contributed by atoms with van der Waals surface area (Å²) in [7, 11) is 0. The summed E-state index contributed by atoms with van der Waals surface area (Å²) >= 11 is 0. The molecule has 1 aromatic carbocycles. The molecule has 1 saturated heterocycles. The van der Waals surface area contributed by atoms with Crippen molar-refractivity contribution in [2.45, 2.75) is 32.2 Å². The van der Waals surface area contributed by atoms with E-state index in [9.17, 15) is 9.59 Å². The van der Waals surface area contributed by atoms with Crippen LogP contribution in [0.3, 0.4) is 0 Å². The number of nitrogens with one attached hydrogen (secondary N) is 1. The molecule has 2 heterocycles. The zero-order chi connectivity index (χ0) is 15.0. The molecule has 0 spiro atoms. The summed E-state index contributed by atoms with van der Waals surface area (Å²) in [4.78, 5) is 26.4. The molecular weight excluding hydrogens is 266 g/mol. The number of carbonyl (C=O) groups is 2. The first-order valence-electron chi connectivity index (χ1n) is 6.91. The monoisotopic (exact) mass is 283 g/mol. The van der Waals surface area contributed by atoms with Crippen molar-refractivity contribution in [3.05, 3.63) is 53.3 Å². The van der Waals surface area contributed by atoms with Gasteiger partial charge in [-0.1, -0.05) is 30.3 Å². The molecule has 21 heavy (non-hydrogen) atoms. The second-order valence-electron chi connectivity index (χ2n) is 5.68. The van der Waals surface area contributed by atoms with E-state index in [0.717, 1.165) is 16.8 Å². The number of hydrogen-bond donors (Lipinski definition) is 1. The maximum atomic E-state index is 12.8. The number of rotatable bonds is 3. The van der Waals surface area contributed by atoms with Crippen LogP contribution in [0.4, 0.5) is 0 Å². The number of imide groups is 1. The Kier molecular flexibility index (Phi) is 3.12. The number of aromatic amines is 1. The van der Waals surface area contributed by atoms with Gasteiger partial charge in [0.1, 0.15) is 0 Å². The SMILES string of the molecule is Cc1[nH]ncc1CN1C(=O)CC(C)(c2ccccc2)C1=O. The summed E-state index contributed by atoms with van der Waals surface area (Å²) in [5.41, 5.74) is 1.86. The summed E-state index contributed by atoms with van der Waals surface area (Å²) < 4.78 is 0. The van der Waals surface area contributed by atoms with E-state index >= 15 is 0 Å². The molecule has 1 atom stereocenters. The Morgan fingerprint density at radius 3 is 2.62 bits per heavy atom. The molecule has 5 heteroatoms. The Bertz CT molecular complexity index is 693. The molecule has 0 saturated carbocycles. The van der Waals surface area contributed by atoms with Crippen LogP contribution in [0.1, 0.15) is 30.2 Å². The highest BCUT2D eigenvalue weighted by Gasteiger charge is 2.49. The number of aromatic nitrogens is 2. The third-order valence-corrected chi connectivity index (χ3v) is 4.20. The smallest absolute Gasteiger partial charge is 0.240 e. The predicted molar refractivity (Wildman–Crippen MR) is 77.3 cm³/mol. The van der Waals surface area contributed by atoms with Crippen LogP contribution in [0, 0.1) is 6.92 Å². The Hall–Kier alpha value is -2.43. The maximum Gasteiger partial charge on any atom is 0.240 e. The van der Waals surface area contributed by atoms with Crippen molar-refractivity contribution in [3.63, 3.8) is 0 Å². The van der Waals surface area contributed by atoms with Crippen LogP contribution in [-0.4, -0.2) is 26.9 Å². The largest absolute Gasteiger partial charge is 0.283 e. The predicted octanol–water partition coefficient (Wildman–Crippen LogP) is 1.93. The van der Waals surface area contributed by atoms with Crippen molar-refractivity contribution in [2.75, 3.05) is 0 Å². The van der Waals surface area contributed by atoms with Crippen molar-refractivity contribution in [1.82, 2.24) is 15.1 Å². The number of amides is 2. The second kappa shape index (κ2) is 4.84. The standard InChI is InChI=1S/C16H17N3O2/c1-11-12(9-17-18-11)10-19-14(20)8-16(2,15(19)21)13-6-4-3-5-7-13/h3-7,9H,8,10H2,1-2H3,(H,17,18). The third kappa shape index (κ3) is 2.14. The van der Waals surface area contributed by atoms with Crippen molar-refractivity contribution in [3.8, 4) is 0 Å². The highest BCUT2D eigenvalue weighted by molar-refractivity contribution is 6.08. The average molecular weight is 283 g/mol. The van der Waals surface area contributed by atoms with Gasteiger partial charge in [0.05, 0.1) is 18.2 Å². The van der Waals surface area contributed by atoms with Gasteiger partial charge in [-0.15, -0.1) is 0 Å². The minimum absolute atomic E-state index is 0.132. The number of aryl methyl sites for hydroxylation is 1. The van der Waals surface area contributed by atoms with E-state index in [0.29, 0.717) is 0 Å². The molecule has 2 aromatic rings. The number of carbonyl (C=O) groups excluding carboxylic acids is 2. The van der Waals surface area contributed by atoms with Gasteiger partial charge in [-0.2, -0.15) is 5.10 Å². The number of likely N-dealkylation sites (tertiary alicyclic amines) is 1. The van der Waals surface area contributed by atoms with Crippen molar-refractivity contribution in [1.29, 1.82) is 0 Å². The molecule has 1 aromatic heterocycles. The van der Waals surface area contributed by atoms with Crippen LogP contribution in [0.25, 0.3) is 0 Å². The summed E-state index contributed by atoms with van der Waals surface area (Å²) in [5.74, 6) is -0.272. The van der Waals surface area contributed by atoms with Gasteiger partial charge in [0.25, 0.3) is 0 Å². The number of nitrogens with zero attached hydrogens (tertiary/aromatic N) is 2. The van der Waals surface area contributed by atoms with E-state index in [1.165, 1.54) is 4.90 Å². The summed E-state index contributed by atoms with van der Waals surface area (Å²) in [5, 5.41) is 6.76. The van der Waals surface area contributed by atoms with Gasteiger partial charge in [0.15, 0.2) is 0 Å².